The number of nitrogens with zero attached hydrogens (tertiary/aromatic N) is 3. The van der Waals surface area contributed by atoms with E-state index in [4.69, 9.17) is 10.5 Å². The number of rotatable bonds is 6. The highest BCUT2D eigenvalue weighted by atomic mass is 32.2. The maximum absolute atomic E-state index is 14.9. The number of aromatic nitrogens is 2. The average molecular weight is 445 g/mol. The highest BCUT2D eigenvalue weighted by Gasteiger charge is 2.69. The molecule has 31 heavy (non-hydrogen) atoms. The molecule has 1 saturated carbocycles. The lowest BCUT2D eigenvalue weighted by atomic mass is 9.84. The van der Waals surface area contributed by atoms with E-state index in [1.165, 1.54) is 49.3 Å². The molecule has 0 amide bonds. The Morgan fingerprint density at radius 3 is 2.81 bits per heavy atom. The first-order valence-corrected chi connectivity index (χ1v) is 10.7. The SMILES string of the molecule is CCOc1cnc(/C(F)=C/c2ccc(F)c([C@@]3(C)N=C(N)S[C@@]4(C(C)=O)C[C@H]43)c2)cn1. The Morgan fingerprint density at radius 2 is 2.16 bits per heavy atom. The van der Waals surface area contributed by atoms with Crippen LogP contribution in [0.5, 0.6) is 5.88 Å². The summed E-state index contributed by atoms with van der Waals surface area (Å²) in [6.45, 7) is 5.54. The van der Waals surface area contributed by atoms with Crippen molar-refractivity contribution in [3.63, 3.8) is 0 Å². The third-order valence-electron chi connectivity index (χ3n) is 5.81. The van der Waals surface area contributed by atoms with Crippen LogP contribution in [0.15, 0.2) is 35.6 Å². The number of thioether (sulfide) groups is 1. The van der Waals surface area contributed by atoms with Crippen LogP contribution in [0.4, 0.5) is 8.78 Å². The molecule has 2 aromatic rings. The summed E-state index contributed by atoms with van der Waals surface area (Å²) >= 11 is 1.25. The van der Waals surface area contributed by atoms with E-state index in [2.05, 4.69) is 15.0 Å². The van der Waals surface area contributed by atoms with Gasteiger partial charge in [0.25, 0.3) is 0 Å². The zero-order valence-corrected chi connectivity index (χ0v) is 18.2. The first-order valence-electron chi connectivity index (χ1n) is 9.87. The largest absolute Gasteiger partial charge is 0.477 e. The fraction of sp³-hybridized carbons (Fsp3) is 0.364. The minimum atomic E-state index is -1.01. The van der Waals surface area contributed by atoms with Crippen molar-refractivity contribution < 1.29 is 18.3 Å². The van der Waals surface area contributed by atoms with Crippen molar-refractivity contribution in [1.82, 2.24) is 9.97 Å². The molecule has 2 heterocycles. The van der Waals surface area contributed by atoms with E-state index in [0.29, 0.717) is 24.5 Å². The van der Waals surface area contributed by atoms with Gasteiger partial charge in [-0.3, -0.25) is 9.79 Å². The average Bonchev–Trinajstić information content (AvgIpc) is 3.47. The lowest BCUT2D eigenvalue weighted by molar-refractivity contribution is -0.117. The van der Waals surface area contributed by atoms with Crippen LogP contribution in [-0.4, -0.2) is 32.3 Å². The van der Waals surface area contributed by atoms with Crippen LogP contribution in [0.3, 0.4) is 0 Å². The molecule has 162 valence electrons. The number of fused-ring (bicyclic) bond motifs is 1. The first-order chi connectivity index (χ1) is 14.7. The third-order valence-corrected chi connectivity index (χ3v) is 7.21. The number of ether oxygens (including phenoxy) is 1. The molecule has 1 aromatic heterocycles. The van der Waals surface area contributed by atoms with Crippen LogP contribution in [0.2, 0.25) is 0 Å². The summed E-state index contributed by atoms with van der Waals surface area (Å²) < 4.78 is 34.2. The number of amidine groups is 1. The predicted octanol–water partition coefficient (Wildman–Crippen LogP) is 4.11. The van der Waals surface area contributed by atoms with Crippen LogP contribution in [-0.2, 0) is 10.3 Å². The molecule has 1 fully saturated rings. The minimum absolute atomic E-state index is 0.00292. The Labute approximate surface area is 183 Å². The van der Waals surface area contributed by atoms with Crippen molar-refractivity contribution in [3.8, 4) is 5.88 Å². The molecule has 1 aliphatic heterocycles. The normalized spacial score (nSPS) is 27.3. The van der Waals surface area contributed by atoms with Gasteiger partial charge in [0.2, 0.25) is 5.88 Å². The Bertz CT molecular complexity index is 1110. The summed E-state index contributed by atoms with van der Waals surface area (Å²) in [6.07, 6.45) is 4.45. The molecular formula is C22H22F2N4O2S. The van der Waals surface area contributed by atoms with Gasteiger partial charge in [-0.15, -0.1) is 0 Å². The van der Waals surface area contributed by atoms with Gasteiger partial charge < -0.3 is 10.5 Å². The third kappa shape index (κ3) is 3.71. The molecule has 0 spiro atoms. The number of carbonyl (C=O) groups excluding carboxylic acids is 1. The van der Waals surface area contributed by atoms with E-state index in [-0.39, 0.29) is 28.1 Å². The second kappa shape index (κ2) is 7.71. The molecule has 0 unspecified atom stereocenters. The highest BCUT2D eigenvalue weighted by molar-refractivity contribution is 8.15. The second-order valence-electron chi connectivity index (χ2n) is 7.81. The Hall–Kier alpha value is -2.81. The number of halogens is 2. The van der Waals surface area contributed by atoms with Crippen molar-refractivity contribution >= 4 is 34.6 Å². The number of benzene rings is 1. The summed E-state index contributed by atoms with van der Waals surface area (Å²) in [5.41, 5.74) is 5.75. The van der Waals surface area contributed by atoms with Gasteiger partial charge in [0.1, 0.15) is 17.3 Å². The number of hydrogen-bond acceptors (Lipinski definition) is 7. The van der Waals surface area contributed by atoms with Crippen molar-refractivity contribution in [2.45, 2.75) is 37.5 Å². The molecule has 2 aliphatic rings. The standard InChI is InChI=1S/C22H22F2N4O2S/c1-4-30-19-11-26-17(10-27-19)16(24)8-13-5-6-15(23)14(7-13)21(3)18-9-22(18,12(2)29)31-20(25)28-21/h5-8,10-11,18H,4,9H2,1-3H3,(H2,25,28)/b16-8-/t18-,21+,22+/m0/s1. The van der Waals surface area contributed by atoms with Gasteiger partial charge in [0.05, 0.1) is 29.3 Å². The second-order valence-corrected chi connectivity index (χ2v) is 9.16. The maximum Gasteiger partial charge on any atom is 0.232 e. The van der Waals surface area contributed by atoms with Crippen molar-refractivity contribution in [2.24, 2.45) is 16.6 Å². The fourth-order valence-electron chi connectivity index (χ4n) is 4.14. The summed E-state index contributed by atoms with van der Waals surface area (Å²) in [6, 6.07) is 4.29. The Kier molecular flexibility index (Phi) is 5.33. The van der Waals surface area contributed by atoms with E-state index < -0.39 is 21.9 Å². The Morgan fingerprint density at radius 1 is 1.39 bits per heavy atom. The molecule has 0 bridgehead atoms. The lowest BCUT2D eigenvalue weighted by Crippen LogP contribution is -2.38. The zero-order valence-electron chi connectivity index (χ0n) is 17.4. The van der Waals surface area contributed by atoms with Crippen LogP contribution in [0, 0.1) is 11.7 Å². The van der Waals surface area contributed by atoms with Crippen molar-refractivity contribution in [2.75, 3.05) is 6.61 Å². The summed E-state index contributed by atoms with van der Waals surface area (Å²) in [5, 5.41) is 0.252. The minimum Gasteiger partial charge on any atom is -0.477 e. The molecular weight excluding hydrogens is 422 g/mol. The van der Waals surface area contributed by atoms with E-state index in [1.807, 2.05) is 6.92 Å². The van der Waals surface area contributed by atoms with E-state index in [9.17, 15) is 13.6 Å². The van der Waals surface area contributed by atoms with Gasteiger partial charge in [0, 0.05) is 11.5 Å². The molecule has 0 saturated heterocycles. The zero-order chi connectivity index (χ0) is 22.4. The number of nitrogens with two attached hydrogens (primary N) is 1. The predicted molar refractivity (Wildman–Crippen MR) is 117 cm³/mol. The van der Waals surface area contributed by atoms with Gasteiger partial charge in [-0.2, -0.15) is 0 Å². The number of hydrogen-bond donors (Lipinski definition) is 1. The quantitative estimate of drug-likeness (QED) is 0.721. The monoisotopic (exact) mass is 444 g/mol. The molecule has 3 atom stereocenters. The van der Waals surface area contributed by atoms with Gasteiger partial charge in [-0.1, -0.05) is 17.8 Å². The molecule has 9 heteroatoms. The van der Waals surface area contributed by atoms with E-state index >= 15 is 0 Å². The fourth-order valence-corrected chi connectivity index (χ4v) is 5.51. The topological polar surface area (TPSA) is 90.5 Å². The summed E-state index contributed by atoms with van der Waals surface area (Å²) in [4.78, 5) is 24.8. The molecule has 1 aromatic carbocycles. The number of aliphatic imine (C=N–C) groups is 1. The van der Waals surface area contributed by atoms with Crippen LogP contribution in [0.25, 0.3) is 11.9 Å². The van der Waals surface area contributed by atoms with Crippen LogP contribution < -0.4 is 10.5 Å². The number of ketones is 1. The van der Waals surface area contributed by atoms with Gasteiger partial charge >= 0.3 is 0 Å². The van der Waals surface area contributed by atoms with E-state index in [0.717, 1.165) is 0 Å². The van der Waals surface area contributed by atoms with Gasteiger partial charge in [0.15, 0.2) is 11.0 Å². The van der Waals surface area contributed by atoms with E-state index in [1.54, 1.807) is 13.0 Å². The number of carbonyl (C=O) groups is 1. The summed E-state index contributed by atoms with van der Waals surface area (Å²) in [5.74, 6) is -0.966. The molecule has 0 radical (unpaired) electrons. The van der Waals surface area contributed by atoms with Gasteiger partial charge in [-0.25, -0.2) is 18.7 Å². The van der Waals surface area contributed by atoms with Crippen LogP contribution in [0.1, 0.15) is 44.0 Å². The molecule has 2 N–H and O–H groups in total. The highest BCUT2D eigenvalue weighted by Crippen LogP contribution is 2.66. The maximum atomic E-state index is 14.9. The molecule has 1 aliphatic carbocycles. The Balaban J connectivity index is 1.68. The summed E-state index contributed by atoms with van der Waals surface area (Å²) in [7, 11) is 0. The van der Waals surface area contributed by atoms with Crippen molar-refractivity contribution in [3.05, 3.63) is 53.2 Å². The van der Waals surface area contributed by atoms with Crippen molar-refractivity contribution in [1.29, 1.82) is 0 Å². The smallest absolute Gasteiger partial charge is 0.232 e. The number of Topliss-reactive ketones (excluding diaryl/α,β-unsaturated/α-hetero) is 1. The van der Waals surface area contributed by atoms with Crippen LogP contribution >= 0.6 is 11.8 Å². The van der Waals surface area contributed by atoms with Gasteiger partial charge in [-0.05, 0) is 51.0 Å². The first kappa shape index (κ1) is 21.4. The lowest BCUT2D eigenvalue weighted by Gasteiger charge is -2.33. The molecule has 4 rings (SSSR count). The molecule has 6 nitrogen and oxygen atoms in total.